The van der Waals surface area contributed by atoms with Gasteiger partial charge in [0.1, 0.15) is 0 Å². The van der Waals surface area contributed by atoms with Crippen LogP contribution in [-0.2, 0) is 24.4 Å². The lowest BCUT2D eigenvalue weighted by Gasteiger charge is -2.46. The molecule has 0 saturated carbocycles. The minimum absolute atomic E-state index is 0.0997. The molecular weight excluding hydrogens is 546 g/mol. The van der Waals surface area contributed by atoms with Gasteiger partial charge in [0, 0.05) is 79.1 Å². The van der Waals surface area contributed by atoms with Crippen LogP contribution >= 0.6 is 0 Å². The van der Waals surface area contributed by atoms with Crippen LogP contribution in [0.5, 0.6) is 0 Å². The van der Waals surface area contributed by atoms with Gasteiger partial charge in [-0.05, 0) is 121 Å². The number of nitrogens with zero attached hydrogens (tertiary/aromatic N) is 7. The molecule has 0 aliphatic carbocycles. The lowest BCUT2D eigenvalue weighted by atomic mass is 9.77. The van der Waals surface area contributed by atoms with Crippen LogP contribution in [0.2, 0.25) is 0 Å². The summed E-state index contributed by atoms with van der Waals surface area (Å²) in [7, 11) is 6.72. The number of rotatable bonds is 9. The van der Waals surface area contributed by atoms with E-state index in [1.54, 1.807) is 0 Å². The Labute approximate surface area is 269 Å². The highest BCUT2D eigenvalue weighted by Crippen LogP contribution is 2.51. The third-order valence-corrected chi connectivity index (χ3v) is 12.7. The molecule has 44 heavy (non-hydrogen) atoms. The van der Waals surface area contributed by atoms with Gasteiger partial charge in [-0.3, -0.25) is 19.4 Å². The van der Waals surface area contributed by atoms with Gasteiger partial charge in [0.2, 0.25) is 0 Å². The SMILES string of the molecule is C[C@@H]1c2nn(CCC(C)(C)N3CC4CC3(C)CO4)c(CN(C)C)c2CN1C(C)(C)CC1CN(C(C)(C)C)C2(C)CN(C)CC12. The average molecular weight is 612 g/mol. The maximum Gasteiger partial charge on any atom is 0.0842 e. The number of likely N-dealkylation sites (N-methyl/N-ethyl adjacent to an activating group) is 1. The van der Waals surface area contributed by atoms with Gasteiger partial charge in [-0.1, -0.05) is 0 Å². The van der Waals surface area contributed by atoms with Crippen LogP contribution in [-0.4, -0.2) is 122 Å². The molecule has 0 amide bonds. The number of hydrogen-bond donors (Lipinski definition) is 0. The van der Waals surface area contributed by atoms with Gasteiger partial charge in [0.25, 0.3) is 0 Å². The van der Waals surface area contributed by atoms with Gasteiger partial charge < -0.3 is 14.5 Å². The van der Waals surface area contributed by atoms with Crippen molar-refractivity contribution in [3.63, 3.8) is 0 Å². The van der Waals surface area contributed by atoms with E-state index in [0.717, 1.165) is 45.1 Å². The standard InChI is InChI=1S/C36H65N7O/c1-25-31-28(20-40(25)34(7,8)16-26-18-42(32(2,3)4)36(10)23-39(13)21-29(26)36)30(22-38(11)12)41(37-31)15-14-33(5,6)43-19-27-17-35(43,9)24-44-27/h25-27,29H,14-24H2,1-13H3/t25-,26?,27?,29?,35?,36?/m1/s1. The maximum atomic E-state index is 6.01. The second kappa shape index (κ2) is 10.7. The first-order valence-electron chi connectivity index (χ1n) is 17.6. The number of fused-ring (bicyclic) bond motifs is 4. The molecule has 0 N–H and O–H groups in total. The summed E-state index contributed by atoms with van der Waals surface area (Å²) in [6.07, 6.45) is 3.92. The fraction of sp³-hybridized carbons (Fsp3) is 0.917. The van der Waals surface area contributed by atoms with Crippen LogP contribution in [0.25, 0.3) is 0 Å². The van der Waals surface area contributed by atoms with Crippen LogP contribution in [0.3, 0.4) is 0 Å². The van der Waals surface area contributed by atoms with Crippen molar-refractivity contribution in [2.75, 3.05) is 53.9 Å². The van der Waals surface area contributed by atoms with Crippen LogP contribution in [0.15, 0.2) is 0 Å². The van der Waals surface area contributed by atoms with Crippen LogP contribution in [0.1, 0.15) is 111 Å². The predicted molar refractivity (Wildman–Crippen MR) is 180 cm³/mol. The van der Waals surface area contributed by atoms with Crippen molar-refractivity contribution >= 4 is 0 Å². The second-order valence-electron chi connectivity index (χ2n) is 18.6. The molecule has 6 rings (SSSR count). The first-order valence-corrected chi connectivity index (χ1v) is 17.6. The Balaban J connectivity index is 1.19. The zero-order valence-electron chi connectivity index (χ0n) is 30.6. The summed E-state index contributed by atoms with van der Waals surface area (Å²) in [5.41, 5.74) is 5.09. The summed E-state index contributed by atoms with van der Waals surface area (Å²) >= 11 is 0. The lowest BCUT2D eigenvalue weighted by molar-refractivity contribution is -0.0548. The van der Waals surface area contributed by atoms with E-state index in [2.05, 4.69) is 120 Å². The normalized spacial score (nSPS) is 35.5. The number of likely N-dealkylation sites (tertiary alicyclic amines) is 3. The maximum absolute atomic E-state index is 6.01. The summed E-state index contributed by atoms with van der Waals surface area (Å²) in [5, 5.41) is 5.42. The second-order valence-corrected chi connectivity index (χ2v) is 18.6. The van der Waals surface area contributed by atoms with Crippen molar-refractivity contribution in [3.8, 4) is 0 Å². The molecule has 6 heterocycles. The highest BCUT2D eigenvalue weighted by Gasteiger charge is 2.58. The summed E-state index contributed by atoms with van der Waals surface area (Å²) in [4.78, 5) is 13.3. The Bertz CT molecular complexity index is 1230. The van der Waals surface area contributed by atoms with Crippen molar-refractivity contribution in [3.05, 3.63) is 17.0 Å². The smallest absolute Gasteiger partial charge is 0.0842 e. The number of ether oxygens (including phenoxy) is 1. The first kappa shape index (κ1) is 32.9. The third kappa shape index (κ3) is 5.41. The Morgan fingerprint density at radius 2 is 1.68 bits per heavy atom. The van der Waals surface area contributed by atoms with E-state index in [9.17, 15) is 0 Å². The van der Waals surface area contributed by atoms with E-state index in [1.165, 1.54) is 49.4 Å². The summed E-state index contributed by atoms with van der Waals surface area (Å²) in [6.45, 7) is 33.0. The zero-order valence-corrected chi connectivity index (χ0v) is 30.6. The van der Waals surface area contributed by atoms with Crippen molar-refractivity contribution in [2.24, 2.45) is 11.8 Å². The zero-order chi connectivity index (χ0) is 32.2. The largest absolute Gasteiger partial charge is 0.375 e. The molecule has 0 aromatic carbocycles. The molecule has 1 aromatic rings. The van der Waals surface area contributed by atoms with Crippen molar-refractivity contribution < 1.29 is 4.74 Å². The summed E-state index contributed by atoms with van der Waals surface area (Å²) < 4.78 is 8.40. The van der Waals surface area contributed by atoms with E-state index in [1.807, 2.05) is 0 Å². The lowest BCUT2D eigenvalue weighted by Crippen LogP contribution is -2.57. The fourth-order valence-electron chi connectivity index (χ4n) is 10.8. The monoisotopic (exact) mass is 612 g/mol. The van der Waals surface area contributed by atoms with Crippen molar-refractivity contribution in [1.82, 2.24) is 34.3 Å². The van der Waals surface area contributed by atoms with E-state index >= 15 is 0 Å². The molecule has 6 atom stereocenters. The molecule has 1 aromatic heterocycles. The molecule has 0 radical (unpaired) electrons. The predicted octanol–water partition coefficient (Wildman–Crippen LogP) is 5.07. The number of morpholine rings is 1. The highest BCUT2D eigenvalue weighted by atomic mass is 16.5. The Hall–Kier alpha value is -1.03. The van der Waals surface area contributed by atoms with E-state index < -0.39 is 0 Å². The molecule has 2 bridgehead atoms. The first-order chi connectivity index (χ1) is 20.2. The van der Waals surface area contributed by atoms with Gasteiger partial charge >= 0.3 is 0 Å². The van der Waals surface area contributed by atoms with E-state index in [-0.39, 0.29) is 27.7 Å². The van der Waals surface area contributed by atoms with Gasteiger partial charge in [-0.2, -0.15) is 5.10 Å². The van der Waals surface area contributed by atoms with Gasteiger partial charge in [0.05, 0.1) is 30.1 Å². The minimum atomic E-state index is 0.0997. The number of aryl methyl sites for hydroxylation is 1. The van der Waals surface area contributed by atoms with Gasteiger partial charge in [-0.15, -0.1) is 0 Å². The number of aromatic nitrogens is 2. The van der Waals surface area contributed by atoms with Crippen LogP contribution in [0.4, 0.5) is 0 Å². The molecule has 5 aliphatic heterocycles. The van der Waals surface area contributed by atoms with Crippen molar-refractivity contribution in [2.45, 2.75) is 148 Å². The van der Waals surface area contributed by atoms with E-state index in [0.29, 0.717) is 18.1 Å². The summed E-state index contributed by atoms with van der Waals surface area (Å²) in [6, 6.07) is 0.332. The minimum Gasteiger partial charge on any atom is -0.375 e. The molecule has 250 valence electrons. The fourth-order valence-corrected chi connectivity index (χ4v) is 10.8. The third-order valence-electron chi connectivity index (χ3n) is 12.7. The van der Waals surface area contributed by atoms with Crippen molar-refractivity contribution in [1.29, 1.82) is 0 Å². The molecule has 5 aliphatic rings. The topological polar surface area (TPSA) is 43.3 Å². The van der Waals surface area contributed by atoms with Gasteiger partial charge in [-0.25, -0.2) is 0 Å². The number of hydrogen-bond acceptors (Lipinski definition) is 7. The molecule has 8 heteroatoms. The Morgan fingerprint density at radius 3 is 2.27 bits per heavy atom. The molecule has 8 nitrogen and oxygen atoms in total. The molecule has 5 unspecified atom stereocenters. The van der Waals surface area contributed by atoms with E-state index in [4.69, 9.17) is 9.84 Å². The van der Waals surface area contributed by atoms with Gasteiger partial charge in [0.15, 0.2) is 0 Å². The molecule has 4 saturated heterocycles. The van der Waals surface area contributed by atoms with Crippen LogP contribution in [0, 0.1) is 11.8 Å². The Kier molecular flexibility index (Phi) is 8.03. The highest BCUT2D eigenvalue weighted by molar-refractivity contribution is 5.34. The quantitative estimate of drug-likeness (QED) is 0.386. The molecular formula is C36H65N7O. The molecule has 4 fully saturated rings. The Morgan fingerprint density at radius 1 is 0.977 bits per heavy atom. The summed E-state index contributed by atoms with van der Waals surface area (Å²) in [5.74, 6) is 1.43. The molecule has 0 spiro atoms. The van der Waals surface area contributed by atoms with Crippen LogP contribution < -0.4 is 0 Å². The average Bonchev–Trinajstić information content (AvgIpc) is 3.69.